The van der Waals surface area contributed by atoms with Gasteiger partial charge in [0.1, 0.15) is 5.69 Å². The molecule has 0 aliphatic carbocycles. The van der Waals surface area contributed by atoms with Gasteiger partial charge in [-0.2, -0.15) is 0 Å². The standard InChI is InChI=1S/C17H14N4/c1-2-6-12(7-3-1)15-17-16(19-11-10-18-15)13-8-4-5-9-14(13)20-21-17/h1-9,19H,10-11H2. The van der Waals surface area contributed by atoms with Crippen LogP contribution in [-0.4, -0.2) is 29.0 Å². The number of benzene rings is 2. The van der Waals surface area contributed by atoms with Crippen LogP contribution in [0.25, 0.3) is 10.9 Å². The summed E-state index contributed by atoms with van der Waals surface area (Å²) in [6.07, 6.45) is 0. The van der Waals surface area contributed by atoms with Gasteiger partial charge in [-0.05, 0) is 6.07 Å². The minimum atomic E-state index is 0.731. The fourth-order valence-electron chi connectivity index (χ4n) is 2.65. The number of aliphatic imine (C=N–C) groups is 1. The van der Waals surface area contributed by atoms with Gasteiger partial charge in [-0.1, -0.05) is 48.5 Å². The molecule has 4 heteroatoms. The zero-order chi connectivity index (χ0) is 14.1. The number of hydrogen-bond acceptors (Lipinski definition) is 4. The number of nitrogens with zero attached hydrogens (tertiary/aromatic N) is 3. The van der Waals surface area contributed by atoms with Crippen LogP contribution in [0.3, 0.4) is 0 Å². The van der Waals surface area contributed by atoms with Gasteiger partial charge in [-0.15, -0.1) is 10.2 Å². The lowest BCUT2D eigenvalue weighted by Crippen LogP contribution is -2.10. The van der Waals surface area contributed by atoms with E-state index in [-0.39, 0.29) is 0 Å². The first-order valence-corrected chi connectivity index (χ1v) is 7.03. The molecule has 0 saturated carbocycles. The number of anilines is 1. The molecule has 1 aliphatic heterocycles. The van der Waals surface area contributed by atoms with Gasteiger partial charge < -0.3 is 5.32 Å². The molecular weight excluding hydrogens is 260 g/mol. The SMILES string of the molecule is c1ccc(C2=NCCNc3c2nnc2ccccc32)cc1. The molecule has 0 saturated heterocycles. The normalized spacial score (nSPS) is 14.0. The number of rotatable bonds is 1. The molecule has 0 atom stereocenters. The molecule has 0 radical (unpaired) electrons. The van der Waals surface area contributed by atoms with Crippen molar-refractivity contribution in [2.24, 2.45) is 4.99 Å². The summed E-state index contributed by atoms with van der Waals surface area (Å²) in [7, 11) is 0. The Morgan fingerprint density at radius 1 is 0.857 bits per heavy atom. The Morgan fingerprint density at radius 2 is 1.67 bits per heavy atom. The number of nitrogens with one attached hydrogen (secondary N) is 1. The van der Waals surface area contributed by atoms with Gasteiger partial charge in [0.25, 0.3) is 0 Å². The average molecular weight is 274 g/mol. The molecule has 1 N–H and O–H groups in total. The van der Waals surface area contributed by atoms with E-state index in [1.807, 2.05) is 36.4 Å². The predicted molar refractivity (Wildman–Crippen MR) is 85.0 cm³/mol. The molecule has 4 nitrogen and oxygen atoms in total. The Morgan fingerprint density at radius 3 is 2.57 bits per heavy atom. The predicted octanol–water partition coefficient (Wildman–Crippen LogP) is 2.89. The minimum absolute atomic E-state index is 0.731. The van der Waals surface area contributed by atoms with Crippen LogP contribution in [0.4, 0.5) is 5.69 Å². The Hall–Kier alpha value is -2.75. The van der Waals surface area contributed by atoms with E-state index in [9.17, 15) is 0 Å². The zero-order valence-corrected chi connectivity index (χ0v) is 11.5. The third kappa shape index (κ3) is 2.05. The molecular formula is C17H14N4. The van der Waals surface area contributed by atoms with E-state index in [4.69, 9.17) is 4.99 Å². The molecule has 0 bridgehead atoms. The Balaban J connectivity index is 1.98. The molecule has 1 aromatic heterocycles. The van der Waals surface area contributed by atoms with Crippen molar-refractivity contribution in [2.45, 2.75) is 0 Å². The van der Waals surface area contributed by atoms with Gasteiger partial charge in [0.15, 0.2) is 0 Å². The highest BCUT2D eigenvalue weighted by Gasteiger charge is 2.18. The molecule has 102 valence electrons. The maximum absolute atomic E-state index is 4.69. The van der Waals surface area contributed by atoms with E-state index in [0.717, 1.165) is 46.6 Å². The monoisotopic (exact) mass is 274 g/mol. The lowest BCUT2D eigenvalue weighted by atomic mass is 10.0. The topological polar surface area (TPSA) is 50.2 Å². The molecule has 0 spiro atoms. The van der Waals surface area contributed by atoms with Crippen molar-refractivity contribution in [2.75, 3.05) is 18.4 Å². The van der Waals surface area contributed by atoms with Crippen molar-refractivity contribution in [1.82, 2.24) is 10.2 Å². The van der Waals surface area contributed by atoms with Crippen molar-refractivity contribution in [3.63, 3.8) is 0 Å². The summed E-state index contributed by atoms with van der Waals surface area (Å²) in [5, 5.41) is 13.3. The van der Waals surface area contributed by atoms with Gasteiger partial charge in [0, 0.05) is 17.5 Å². The second-order valence-electron chi connectivity index (χ2n) is 4.96. The highest BCUT2D eigenvalue weighted by atomic mass is 15.1. The molecule has 21 heavy (non-hydrogen) atoms. The van der Waals surface area contributed by atoms with Crippen LogP contribution in [-0.2, 0) is 0 Å². The molecule has 0 fully saturated rings. The smallest absolute Gasteiger partial charge is 0.135 e. The van der Waals surface area contributed by atoms with E-state index in [2.05, 4.69) is 33.7 Å². The summed E-state index contributed by atoms with van der Waals surface area (Å²) in [6, 6.07) is 18.2. The first-order valence-electron chi connectivity index (χ1n) is 7.03. The van der Waals surface area contributed by atoms with E-state index >= 15 is 0 Å². The molecule has 0 unspecified atom stereocenters. The number of fused-ring (bicyclic) bond motifs is 3. The average Bonchev–Trinajstić information content (AvgIpc) is 2.78. The summed E-state index contributed by atoms with van der Waals surface area (Å²) in [6.45, 7) is 1.54. The fourth-order valence-corrected chi connectivity index (χ4v) is 2.65. The quantitative estimate of drug-likeness (QED) is 0.742. The third-order valence-corrected chi connectivity index (χ3v) is 3.62. The van der Waals surface area contributed by atoms with Gasteiger partial charge in [-0.3, -0.25) is 4.99 Å². The van der Waals surface area contributed by atoms with E-state index in [0.29, 0.717) is 0 Å². The van der Waals surface area contributed by atoms with Crippen LogP contribution in [0, 0.1) is 0 Å². The van der Waals surface area contributed by atoms with Gasteiger partial charge >= 0.3 is 0 Å². The van der Waals surface area contributed by atoms with Gasteiger partial charge in [0.05, 0.1) is 23.5 Å². The highest BCUT2D eigenvalue weighted by Crippen LogP contribution is 2.27. The second kappa shape index (κ2) is 4.98. The number of aromatic nitrogens is 2. The lowest BCUT2D eigenvalue weighted by Gasteiger charge is -2.11. The zero-order valence-electron chi connectivity index (χ0n) is 11.5. The van der Waals surface area contributed by atoms with E-state index < -0.39 is 0 Å². The van der Waals surface area contributed by atoms with E-state index in [1.165, 1.54) is 0 Å². The van der Waals surface area contributed by atoms with Crippen molar-refractivity contribution in [3.05, 3.63) is 65.9 Å². The van der Waals surface area contributed by atoms with Gasteiger partial charge in [0.2, 0.25) is 0 Å². The Labute approximate surface area is 122 Å². The maximum atomic E-state index is 4.69. The molecule has 3 aromatic rings. The van der Waals surface area contributed by atoms with Gasteiger partial charge in [-0.25, -0.2) is 0 Å². The molecule has 2 aromatic carbocycles. The van der Waals surface area contributed by atoms with Crippen LogP contribution in [0.15, 0.2) is 59.6 Å². The summed E-state index contributed by atoms with van der Waals surface area (Å²) in [5.74, 6) is 0. The molecule has 0 amide bonds. The molecule has 2 heterocycles. The van der Waals surface area contributed by atoms with Crippen molar-refractivity contribution < 1.29 is 0 Å². The summed E-state index contributed by atoms with van der Waals surface area (Å²) < 4.78 is 0. The Bertz CT molecular complexity index is 825. The largest absolute Gasteiger partial charge is 0.381 e. The highest BCUT2D eigenvalue weighted by molar-refractivity contribution is 6.17. The third-order valence-electron chi connectivity index (χ3n) is 3.62. The van der Waals surface area contributed by atoms with E-state index in [1.54, 1.807) is 0 Å². The van der Waals surface area contributed by atoms with Crippen molar-refractivity contribution >= 4 is 22.3 Å². The van der Waals surface area contributed by atoms with Crippen LogP contribution >= 0.6 is 0 Å². The minimum Gasteiger partial charge on any atom is -0.381 e. The fraction of sp³-hybridized carbons (Fsp3) is 0.118. The first-order chi connectivity index (χ1) is 10.4. The number of hydrogen-bond donors (Lipinski definition) is 1. The van der Waals surface area contributed by atoms with Crippen LogP contribution < -0.4 is 5.32 Å². The Kier molecular flexibility index (Phi) is 2.85. The summed E-state index contributed by atoms with van der Waals surface area (Å²) in [5.41, 5.74) is 4.75. The van der Waals surface area contributed by atoms with Crippen LogP contribution in [0.1, 0.15) is 11.3 Å². The van der Waals surface area contributed by atoms with Crippen molar-refractivity contribution in [1.29, 1.82) is 0 Å². The van der Waals surface area contributed by atoms with Crippen LogP contribution in [0.5, 0.6) is 0 Å². The maximum Gasteiger partial charge on any atom is 0.135 e. The summed E-state index contributed by atoms with van der Waals surface area (Å²) >= 11 is 0. The molecule has 1 aliphatic rings. The first kappa shape index (κ1) is 12.0. The molecule has 4 rings (SSSR count). The second-order valence-corrected chi connectivity index (χ2v) is 4.96. The van der Waals surface area contributed by atoms with Crippen molar-refractivity contribution in [3.8, 4) is 0 Å². The lowest BCUT2D eigenvalue weighted by molar-refractivity contribution is 1.04. The van der Waals surface area contributed by atoms with Crippen LogP contribution in [0.2, 0.25) is 0 Å². The summed E-state index contributed by atoms with van der Waals surface area (Å²) in [4.78, 5) is 4.69.